The van der Waals surface area contributed by atoms with Gasteiger partial charge in [-0.15, -0.1) is 0 Å². The van der Waals surface area contributed by atoms with Crippen LogP contribution in [0.25, 0.3) is 0 Å². The summed E-state index contributed by atoms with van der Waals surface area (Å²) in [5.74, 6) is 0.199. The number of hydrazone groups is 1. The Balaban J connectivity index is 2.03. The molecule has 0 radical (unpaired) electrons. The lowest BCUT2D eigenvalue weighted by molar-refractivity contribution is -0.114. The van der Waals surface area contributed by atoms with Crippen LogP contribution in [0.1, 0.15) is 28.4 Å². The van der Waals surface area contributed by atoms with E-state index in [1.54, 1.807) is 31.4 Å². The Morgan fingerprint density at radius 1 is 1.17 bits per heavy atom. The van der Waals surface area contributed by atoms with Crippen molar-refractivity contribution in [2.24, 2.45) is 5.10 Å². The van der Waals surface area contributed by atoms with Crippen molar-refractivity contribution in [3.05, 3.63) is 59.2 Å². The smallest absolute Gasteiger partial charge is 0.271 e. The number of anilines is 1. The van der Waals surface area contributed by atoms with Crippen LogP contribution in [-0.2, 0) is 4.79 Å². The molecule has 24 heavy (non-hydrogen) atoms. The van der Waals surface area contributed by atoms with Gasteiger partial charge >= 0.3 is 0 Å². The highest BCUT2D eigenvalue weighted by molar-refractivity contribution is 5.97. The predicted molar refractivity (Wildman–Crippen MR) is 93.5 cm³/mol. The summed E-state index contributed by atoms with van der Waals surface area (Å²) in [5, 5.41) is 6.57. The fourth-order valence-corrected chi connectivity index (χ4v) is 2.09. The van der Waals surface area contributed by atoms with Gasteiger partial charge in [0.2, 0.25) is 5.91 Å². The highest BCUT2D eigenvalue weighted by Gasteiger charge is 2.06. The van der Waals surface area contributed by atoms with Crippen molar-refractivity contribution in [3.8, 4) is 5.75 Å². The van der Waals surface area contributed by atoms with Gasteiger partial charge in [-0.25, -0.2) is 5.43 Å². The van der Waals surface area contributed by atoms with Gasteiger partial charge in [-0.05, 0) is 42.3 Å². The monoisotopic (exact) mass is 325 g/mol. The second-order valence-electron chi connectivity index (χ2n) is 5.19. The van der Waals surface area contributed by atoms with Crippen LogP contribution in [0.2, 0.25) is 0 Å². The Morgan fingerprint density at radius 2 is 1.96 bits per heavy atom. The van der Waals surface area contributed by atoms with Crippen molar-refractivity contribution in [1.82, 2.24) is 5.43 Å². The van der Waals surface area contributed by atoms with Crippen LogP contribution in [0.3, 0.4) is 0 Å². The van der Waals surface area contributed by atoms with Crippen LogP contribution in [0.15, 0.2) is 47.6 Å². The molecule has 0 bridgehead atoms. The summed E-state index contributed by atoms with van der Waals surface area (Å²) in [6.07, 6.45) is 1.54. The maximum absolute atomic E-state index is 12.1. The van der Waals surface area contributed by atoms with E-state index in [1.165, 1.54) is 13.1 Å². The van der Waals surface area contributed by atoms with E-state index in [1.807, 2.05) is 25.1 Å². The predicted octanol–water partition coefficient (Wildman–Crippen LogP) is 2.73. The Bertz CT molecular complexity index is 785. The first-order valence-corrected chi connectivity index (χ1v) is 7.35. The van der Waals surface area contributed by atoms with Crippen LogP contribution >= 0.6 is 0 Å². The normalized spacial score (nSPS) is 10.5. The number of amides is 2. The molecule has 0 spiro atoms. The summed E-state index contributed by atoms with van der Waals surface area (Å²) in [6, 6.07) is 12.3. The molecule has 2 aromatic rings. The third-order valence-electron chi connectivity index (χ3n) is 3.26. The minimum absolute atomic E-state index is 0.195. The van der Waals surface area contributed by atoms with Gasteiger partial charge in [0.05, 0.1) is 13.3 Å². The van der Waals surface area contributed by atoms with Gasteiger partial charge in [-0.3, -0.25) is 9.59 Å². The maximum atomic E-state index is 12.1. The van der Waals surface area contributed by atoms with E-state index in [4.69, 9.17) is 4.74 Å². The van der Waals surface area contributed by atoms with Gasteiger partial charge in [-0.2, -0.15) is 5.10 Å². The molecule has 0 unspecified atom stereocenters. The Labute approximate surface area is 140 Å². The molecule has 0 saturated heterocycles. The fourth-order valence-electron chi connectivity index (χ4n) is 2.09. The molecule has 0 aliphatic heterocycles. The first-order valence-electron chi connectivity index (χ1n) is 7.35. The quantitative estimate of drug-likeness (QED) is 0.655. The van der Waals surface area contributed by atoms with Crippen molar-refractivity contribution in [2.75, 3.05) is 12.4 Å². The number of hydrogen-bond acceptors (Lipinski definition) is 4. The van der Waals surface area contributed by atoms with Crippen LogP contribution in [0, 0.1) is 6.92 Å². The maximum Gasteiger partial charge on any atom is 0.271 e. The molecule has 2 N–H and O–H groups in total. The molecule has 0 aliphatic rings. The number of carbonyl (C=O) groups excluding carboxylic acids is 2. The average molecular weight is 325 g/mol. The number of nitrogens with one attached hydrogen (secondary N) is 2. The number of ether oxygens (including phenoxy) is 1. The molecule has 2 aromatic carbocycles. The summed E-state index contributed by atoms with van der Waals surface area (Å²) in [4.78, 5) is 23.1. The number of methoxy groups -OCH3 is 1. The van der Waals surface area contributed by atoms with Crippen LogP contribution < -0.4 is 15.5 Å². The van der Waals surface area contributed by atoms with Crippen molar-refractivity contribution in [1.29, 1.82) is 0 Å². The summed E-state index contributed by atoms with van der Waals surface area (Å²) < 4.78 is 5.24. The molecule has 0 saturated carbocycles. The lowest BCUT2D eigenvalue weighted by atomic mass is 10.1. The lowest BCUT2D eigenvalue weighted by Crippen LogP contribution is -2.18. The number of benzene rings is 2. The summed E-state index contributed by atoms with van der Waals surface area (Å²) >= 11 is 0. The lowest BCUT2D eigenvalue weighted by Gasteiger charge is -2.05. The van der Waals surface area contributed by atoms with Crippen molar-refractivity contribution < 1.29 is 14.3 Å². The highest BCUT2D eigenvalue weighted by atomic mass is 16.5. The molecule has 0 fully saturated rings. The molecule has 0 aromatic heterocycles. The minimum atomic E-state index is -0.363. The fraction of sp³-hybridized carbons (Fsp3) is 0.167. The molecular formula is C18H19N3O3. The van der Waals surface area contributed by atoms with Gasteiger partial charge in [0, 0.05) is 18.2 Å². The zero-order chi connectivity index (χ0) is 17.5. The van der Waals surface area contributed by atoms with Gasteiger partial charge in [-0.1, -0.05) is 18.2 Å². The van der Waals surface area contributed by atoms with Crippen molar-refractivity contribution in [2.45, 2.75) is 13.8 Å². The molecule has 2 rings (SSSR count). The first-order chi connectivity index (χ1) is 11.5. The largest absolute Gasteiger partial charge is 0.496 e. The van der Waals surface area contributed by atoms with Gasteiger partial charge < -0.3 is 10.1 Å². The molecule has 124 valence electrons. The van der Waals surface area contributed by atoms with E-state index in [9.17, 15) is 9.59 Å². The molecular weight excluding hydrogens is 306 g/mol. The average Bonchev–Trinajstić information content (AvgIpc) is 2.56. The molecule has 0 aliphatic carbocycles. The Hall–Kier alpha value is -3.15. The zero-order valence-electron chi connectivity index (χ0n) is 13.8. The SMILES string of the molecule is COc1cc(/C=N\NC(=O)c2cccc(NC(C)=O)c2)ccc1C. The van der Waals surface area contributed by atoms with E-state index < -0.39 is 0 Å². The molecule has 6 nitrogen and oxygen atoms in total. The number of aryl methyl sites for hydroxylation is 1. The van der Waals surface area contributed by atoms with Crippen molar-refractivity contribution in [3.63, 3.8) is 0 Å². The third-order valence-corrected chi connectivity index (χ3v) is 3.26. The van der Waals surface area contributed by atoms with E-state index in [-0.39, 0.29) is 11.8 Å². The van der Waals surface area contributed by atoms with E-state index >= 15 is 0 Å². The minimum Gasteiger partial charge on any atom is -0.496 e. The summed E-state index contributed by atoms with van der Waals surface area (Å²) in [5.41, 5.74) is 5.25. The highest BCUT2D eigenvalue weighted by Crippen LogP contribution is 2.17. The van der Waals surface area contributed by atoms with Crippen LogP contribution in [-0.4, -0.2) is 25.1 Å². The van der Waals surface area contributed by atoms with Crippen LogP contribution in [0.4, 0.5) is 5.69 Å². The van der Waals surface area contributed by atoms with E-state index in [0.717, 1.165) is 16.9 Å². The third kappa shape index (κ3) is 4.67. The first kappa shape index (κ1) is 17.2. The van der Waals surface area contributed by atoms with Gasteiger partial charge in [0.1, 0.15) is 5.75 Å². The molecule has 6 heteroatoms. The van der Waals surface area contributed by atoms with Gasteiger partial charge in [0.25, 0.3) is 5.91 Å². The zero-order valence-corrected chi connectivity index (χ0v) is 13.8. The molecule has 2 amide bonds. The number of hydrogen-bond donors (Lipinski definition) is 2. The van der Waals surface area contributed by atoms with Gasteiger partial charge in [0.15, 0.2) is 0 Å². The number of rotatable bonds is 5. The standard InChI is InChI=1S/C18H19N3O3/c1-12-7-8-14(9-17(12)24-3)11-19-21-18(23)15-5-4-6-16(10-15)20-13(2)22/h4-11H,1-3H3,(H,20,22)(H,21,23)/b19-11-. The Morgan fingerprint density at radius 3 is 2.67 bits per heavy atom. The molecule has 0 heterocycles. The molecule has 0 atom stereocenters. The second kappa shape index (κ2) is 7.92. The number of nitrogens with zero attached hydrogens (tertiary/aromatic N) is 1. The van der Waals surface area contributed by atoms with Crippen molar-refractivity contribution >= 4 is 23.7 Å². The van der Waals surface area contributed by atoms with E-state index in [0.29, 0.717) is 11.3 Å². The van der Waals surface area contributed by atoms with Crippen LogP contribution in [0.5, 0.6) is 5.75 Å². The summed E-state index contributed by atoms with van der Waals surface area (Å²) in [7, 11) is 1.60. The second-order valence-corrected chi connectivity index (χ2v) is 5.19. The summed E-state index contributed by atoms with van der Waals surface area (Å²) in [6.45, 7) is 3.36. The Kier molecular flexibility index (Phi) is 5.68. The van der Waals surface area contributed by atoms with E-state index in [2.05, 4.69) is 15.8 Å². The number of carbonyl (C=O) groups is 2. The topological polar surface area (TPSA) is 79.8 Å².